The maximum atomic E-state index is 12.3. The molecule has 0 saturated heterocycles. The van der Waals surface area contributed by atoms with Crippen LogP contribution >= 0.6 is 11.6 Å². The summed E-state index contributed by atoms with van der Waals surface area (Å²) in [6.45, 7) is 8.20. The second-order valence-electron chi connectivity index (χ2n) is 6.98. The molecule has 30 heavy (non-hydrogen) atoms. The van der Waals surface area contributed by atoms with Crippen molar-refractivity contribution in [1.82, 2.24) is 5.43 Å². The molecule has 0 radical (unpaired) electrons. The van der Waals surface area contributed by atoms with E-state index in [2.05, 4.69) is 17.5 Å². The first-order chi connectivity index (χ1) is 14.3. The van der Waals surface area contributed by atoms with E-state index in [0.717, 1.165) is 29.5 Å². The number of nitrogens with zero attached hydrogens (tertiary/aromatic N) is 1. The van der Waals surface area contributed by atoms with Crippen molar-refractivity contribution in [2.24, 2.45) is 5.10 Å². The van der Waals surface area contributed by atoms with E-state index >= 15 is 0 Å². The van der Waals surface area contributed by atoms with Crippen molar-refractivity contribution >= 4 is 23.7 Å². The van der Waals surface area contributed by atoms with Crippen LogP contribution in [0.1, 0.15) is 43.4 Å². The molecule has 6 nitrogen and oxygen atoms in total. The quantitative estimate of drug-likeness (QED) is 0.323. The predicted octanol–water partition coefficient (Wildman–Crippen LogP) is 5.06. The molecule has 7 heteroatoms. The van der Waals surface area contributed by atoms with Gasteiger partial charge in [0.05, 0.1) is 19.9 Å². The van der Waals surface area contributed by atoms with Crippen LogP contribution in [0.3, 0.4) is 0 Å². The van der Waals surface area contributed by atoms with E-state index in [-0.39, 0.29) is 5.91 Å². The molecule has 0 bridgehead atoms. The molecule has 1 N–H and O–H groups in total. The Labute approximate surface area is 183 Å². The van der Waals surface area contributed by atoms with Crippen LogP contribution in [0, 0.1) is 13.8 Å². The van der Waals surface area contributed by atoms with Gasteiger partial charge in [-0.15, -0.1) is 0 Å². The van der Waals surface area contributed by atoms with E-state index in [9.17, 15) is 4.79 Å². The maximum absolute atomic E-state index is 12.3. The van der Waals surface area contributed by atoms with Gasteiger partial charge in [-0.3, -0.25) is 4.79 Å². The molecule has 0 saturated carbocycles. The zero-order valence-electron chi connectivity index (χ0n) is 18.1. The molecule has 0 aromatic heterocycles. The Balaban J connectivity index is 1.94. The Morgan fingerprint density at radius 1 is 1.20 bits per heavy atom. The van der Waals surface area contributed by atoms with Gasteiger partial charge in [0, 0.05) is 5.02 Å². The molecular weight excluding hydrogens is 404 g/mol. The Hall–Kier alpha value is -2.73. The second kappa shape index (κ2) is 11.5. The molecule has 162 valence electrons. The molecule has 0 heterocycles. The monoisotopic (exact) mass is 432 g/mol. The third-order valence-electron chi connectivity index (χ3n) is 4.42. The number of hydrazone groups is 1. The largest absolute Gasteiger partial charge is 0.493 e. The van der Waals surface area contributed by atoms with E-state index in [0.29, 0.717) is 28.9 Å². The SMILES string of the molecule is CCCCOc1ccc(C=NNC(=O)C(C)Oc2cc(C)c(Cl)c(C)c2)cc1OC. The molecule has 0 fully saturated rings. The number of aryl methyl sites for hydroxylation is 2. The number of amides is 1. The molecule has 0 aliphatic rings. The van der Waals surface area contributed by atoms with Gasteiger partial charge in [0.25, 0.3) is 5.91 Å². The Morgan fingerprint density at radius 2 is 1.90 bits per heavy atom. The number of carbonyl (C=O) groups excluding carboxylic acids is 1. The second-order valence-corrected chi connectivity index (χ2v) is 7.36. The lowest BCUT2D eigenvalue weighted by molar-refractivity contribution is -0.127. The van der Waals surface area contributed by atoms with Gasteiger partial charge in [0.2, 0.25) is 0 Å². The first-order valence-electron chi connectivity index (χ1n) is 9.92. The third kappa shape index (κ3) is 6.66. The number of hydrogen-bond acceptors (Lipinski definition) is 5. The van der Waals surface area contributed by atoms with E-state index in [1.807, 2.05) is 26.0 Å². The number of unbranched alkanes of at least 4 members (excludes halogenated alkanes) is 1. The third-order valence-corrected chi connectivity index (χ3v) is 5.02. The number of nitrogens with one attached hydrogen (secondary N) is 1. The number of halogens is 1. The van der Waals surface area contributed by atoms with E-state index < -0.39 is 6.10 Å². The van der Waals surface area contributed by atoms with Gasteiger partial charge in [-0.1, -0.05) is 24.9 Å². The van der Waals surface area contributed by atoms with Gasteiger partial charge in [-0.25, -0.2) is 5.43 Å². The fourth-order valence-corrected chi connectivity index (χ4v) is 2.81. The molecule has 2 rings (SSSR count). The number of benzene rings is 2. The molecule has 0 spiro atoms. The molecule has 1 amide bonds. The predicted molar refractivity (Wildman–Crippen MR) is 120 cm³/mol. The van der Waals surface area contributed by atoms with Gasteiger partial charge in [-0.05, 0) is 74.2 Å². The molecule has 1 unspecified atom stereocenters. The number of methoxy groups -OCH3 is 1. The van der Waals surface area contributed by atoms with Gasteiger partial charge in [0.15, 0.2) is 17.6 Å². The highest BCUT2D eigenvalue weighted by molar-refractivity contribution is 6.32. The van der Waals surface area contributed by atoms with Crippen molar-refractivity contribution in [1.29, 1.82) is 0 Å². The van der Waals surface area contributed by atoms with E-state index in [1.165, 1.54) is 0 Å². The zero-order chi connectivity index (χ0) is 22.1. The highest BCUT2D eigenvalue weighted by atomic mass is 35.5. The van der Waals surface area contributed by atoms with Crippen LogP contribution in [-0.2, 0) is 4.79 Å². The van der Waals surface area contributed by atoms with Gasteiger partial charge < -0.3 is 14.2 Å². The van der Waals surface area contributed by atoms with Crippen molar-refractivity contribution in [3.05, 3.63) is 52.0 Å². The number of carbonyl (C=O) groups is 1. The van der Waals surface area contributed by atoms with Crippen LogP contribution in [0.15, 0.2) is 35.4 Å². The van der Waals surface area contributed by atoms with Crippen LogP contribution < -0.4 is 19.6 Å². The summed E-state index contributed by atoms with van der Waals surface area (Å²) in [4.78, 5) is 12.3. The van der Waals surface area contributed by atoms with E-state index in [1.54, 1.807) is 38.4 Å². The van der Waals surface area contributed by atoms with Gasteiger partial charge in [-0.2, -0.15) is 5.10 Å². The minimum Gasteiger partial charge on any atom is -0.493 e. The number of ether oxygens (including phenoxy) is 3. The Bertz CT molecular complexity index is 876. The highest BCUT2D eigenvalue weighted by Crippen LogP contribution is 2.28. The summed E-state index contributed by atoms with van der Waals surface area (Å²) in [5.74, 6) is 1.53. The Kier molecular flexibility index (Phi) is 8.99. The first-order valence-corrected chi connectivity index (χ1v) is 10.3. The summed E-state index contributed by atoms with van der Waals surface area (Å²) in [6.07, 6.45) is 2.87. The van der Waals surface area contributed by atoms with Crippen molar-refractivity contribution < 1.29 is 19.0 Å². The van der Waals surface area contributed by atoms with Crippen LogP contribution in [0.4, 0.5) is 0 Å². The molecule has 2 aromatic carbocycles. The lowest BCUT2D eigenvalue weighted by atomic mass is 10.1. The lowest BCUT2D eigenvalue weighted by Crippen LogP contribution is -2.33. The average Bonchev–Trinajstić information content (AvgIpc) is 2.72. The fourth-order valence-electron chi connectivity index (χ4n) is 2.70. The fraction of sp³-hybridized carbons (Fsp3) is 0.391. The van der Waals surface area contributed by atoms with Crippen molar-refractivity contribution in [3.63, 3.8) is 0 Å². The highest BCUT2D eigenvalue weighted by Gasteiger charge is 2.15. The molecule has 0 aliphatic carbocycles. The maximum Gasteiger partial charge on any atom is 0.280 e. The summed E-state index contributed by atoms with van der Waals surface area (Å²) < 4.78 is 16.8. The smallest absolute Gasteiger partial charge is 0.280 e. The average molecular weight is 433 g/mol. The summed E-state index contributed by atoms with van der Waals surface area (Å²) in [5.41, 5.74) is 5.06. The Morgan fingerprint density at radius 3 is 2.53 bits per heavy atom. The first kappa shape index (κ1) is 23.5. The summed E-state index contributed by atoms with van der Waals surface area (Å²) in [5, 5.41) is 4.71. The van der Waals surface area contributed by atoms with Crippen molar-refractivity contribution in [3.8, 4) is 17.2 Å². The number of hydrogen-bond donors (Lipinski definition) is 1. The van der Waals surface area contributed by atoms with Crippen LogP contribution in [0.5, 0.6) is 17.2 Å². The van der Waals surface area contributed by atoms with E-state index in [4.69, 9.17) is 25.8 Å². The standard InChI is InChI=1S/C23H29ClN2O4/c1-6-7-10-29-20-9-8-18(13-21(20)28-5)14-25-26-23(27)17(4)30-19-11-15(2)22(24)16(3)12-19/h8-9,11-14,17H,6-7,10H2,1-5H3,(H,26,27). The van der Waals surface area contributed by atoms with Gasteiger partial charge >= 0.3 is 0 Å². The summed E-state index contributed by atoms with van der Waals surface area (Å²) in [7, 11) is 1.59. The minimum atomic E-state index is -0.717. The lowest BCUT2D eigenvalue weighted by Gasteiger charge is -2.15. The molecule has 2 aromatic rings. The van der Waals surface area contributed by atoms with Crippen LogP contribution in [0.2, 0.25) is 5.02 Å². The molecule has 1 atom stereocenters. The molecular formula is C23H29ClN2O4. The zero-order valence-corrected chi connectivity index (χ0v) is 18.9. The summed E-state index contributed by atoms with van der Waals surface area (Å²) >= 11 is 6.17. The number of rotatable bonds is 10. The van der Waals surface area contributed by atoms with Crippen molar-refractivity contribution in [2.45, 2.75) is 46.6 Å². The minimum absolute atomic E-state index is 0.358. The van der Waals surface area contributed by atoms with Crippen molar-refractivity contribution in [2.75, 3.05) is 13.7 Å². The van der Waals surface area contributed by atoms with Crippen LogP contribution in [0.25, 0.3) is 0 Å². The molecule has 0 aliphatic heterocycles. The van der Waals surface area contributed by atoms with Crippen LogP contribution in [-0.4, -0.2) is 31.9 Å². The topological polar surface area (TPSA) is 69.2 Å². The summed E-state index contributed by atoms with van der Waals surface area (Å²) in [6, 6.07) is 9.08. The van der Waals surface area contributed by atoms with Gasteiger partial charge in [0.1, 0.15) is 5.75 Å². The normalized spacial score (nSPS) is 11.9.